The number of para-hydroxylation sites is 1. The van der Waals surface area contributed by atoms with Crippen LogP contribution in [0.1, 0.15) is 13.3 Å². The SMILES string of the molecule is CCNC(=NCCCN(C)c1ccccc1)NCCSC. The standard InChI is InChI=1S/C16H28N4S/c1-4-17-16(19-12-14-21-3)18-11-8-13-20(2)15-9-6-5-7-10-15/h5-7,9-10H,4,8,11-14H2,1-3H3,(H2,17,18,19). The van der Waals surface area contributed by atoms with Gasteiger partial charge in [0, 0.05) is 44.7 Å². The van der Waals surface area contributed by atoms with Gasteiger partial charge in [-0.2, -0.15) is 11.8 Å². The van der Waals surface area contributed by atoms with Gasteiger partial charge in [0.15, 0.2) is 5.96 Å². The summed E-state index contributed by atoms with van der Waals surface area (Å²) < 4.78 is 0. The molecule has 1 aromatic rings. The quantitative estimate of drug-likeness (QED) is 0.417. The predicted molar refractivity (Wildman–Crippen MR) is 96.7 cm³/mol. The molecule has 2 N–H and O–H groups in total. The molecule has 0 bridgehead atoms. The highest BCUT2D eigenvalue weighted by atomic mass is 32.2. The highest BCUT2D eigenvalue weighted by Gasteiger charge is 1.99. The van der Waals surface area contributed by atoms with Crippen LogP contribution in [0.25, 0.3) is 0 Å². The van der Waals surface area contributed by atoms with Crippen LogP contribution in [0.4, 0.5) is 5.69 Å². The molecule has 4 nitrogen and oxygen atoms in total. The molecule has 0 spiro atoms. The molecule has 1 aromatic carbocycles. The largest absolute Gasteiger partial charge is 0.375 e. The zero-order valence-electron chi connectivity index (χ0n) is 13.4. The van der Waals surface area contributed by atoms with Crippen LogP contribution in [-0.2, 0) is 0 Å². The Labute approximate surface area is 133 Å². The predicted octanol–water partition coefficient (Wildman–Crippen LogP) is 2.43. The molecule has 0 saturated carbocycles. The first-order valence-electron chi connectivity index (χ1n) is 7.55. The Bertz CT molecular complexity index is 395. The number of guanidine groups is 1. The average Bonchev–Trinajstić information content (AvgIpc) is 2.52. The zero-order chi connectivity index (χ0) is 15.3. The van der Waals surface area contributed by atoms with Gasteiger partial charge in [0.25, 0.3) is 0 Å². The maximum atomic E-state index is 4.61. The first kappa shape index (κ1) is 17.7. The molecule has 21 heavy (non-hydrogen) atoms. The Balaban J connectivity index is 2.29. The molecular formula is C16H28N4S. The van der Waals surface area contributed by atoms with Crippen LogP contribution in [0.15, 0.2) is 35.3 Å². The fourth-order valence-electron chi connectivity index (χ4n) is 1.92. The van der Waals surface area contributed by atoms with E-state index in [1.54, 1.807) is 0 Å². The third-order valence-electron chi connectivity index (χ3n) is 3.06. The molecule has 0 unspecified atom stereocenters. The molecule has 0 heterocycles. The molecule has 0 atom stereocenters. The highest BCUT2D eigenvalue weighted by Crippen LogP contribution is 2.10. The van der Waals surface area contributed by atoms with Crippen LogP contribution in [0, 0.1) is 0 Å². The lowest BCUT2D eigenvalue weighted by molar-refractivity contribution is 0.776. The van der Waals surface area contributed by atoms with Gasteiger partial charge in [-0.15, -0.1) is 0 Å². The van der Waals surface area contributed by atoms with E-state index in [1.807, 2.05) is 17.8 Å². The first-order chi connectivity index (χ1) is 10.3. The van der Waals surface area contributed by atoms with Crippen molar-refractivity contribution in [2.75, 3.05) is 50.1 Å². The number of hydrogen-bond acceptors (Lipinski definition) is 3. The number of nitrogens with zero attached hydrogens (tertiary/aromatic N) is 2. The Kier molecular flexibility index (Phi) is 9.53. The Morgan fingerprint density at radius 2 is 2.00 bits per heavy atom. The van der Waals surface area contributed by atoms with E-state index < -0.39 is 0 Å². The number of thioether (sulfide) groups is 1. The Hall–Kier alpha value is -1.36. The van der Waals surface area contributed by atoms with E-state index >= 15 is 0 Å². The van der Waals surface area contributed by atoms with E-state index in [9.17, 15) is 0 Å². The Morgan fingerprint density at radius 3 is 2.67 bits per heavy atom. The summed E-state index contributed by atoms with van der Waals surface area (Å²) in [7, 11) is 2.13. The lowest BCUT2D eigenvalue weighted by atomic mass is 10.3. The summed E-state index contributed by atoms with van der Waals surface area (Å²) in [4.78, 5) is 6.88. The summed E-state index contributed by atoms with van der Waals surface area (Å²) >= 11 is 1.84. The number of hydrogen-bond donors (Lipinski definition) is 2. The van der Waals surface area contributed by atoms with E-state index in [1.165, 1.54) is 5.69 Å². The van der Waals surface area contributed by atoms with Crippen LogP contribution in [0.2, 0.25) is 0 Å². The summed E-state index contributed by atoms with van der Waals surface area (Å²) in [5.41, 5.74) is 1.26. The summed E-state index contributed by atoms with van der Waals surface area (Å²) in [5.74, 6) is 2.02. The number of nitrogens with one attached hydrogen (secondary N) is 2. The van der Waals surface area contributed by atoms with E-state index in [2.05, 4.69) is 65.0 Å². The monoisotopic (exact) mass is 308 g/mol. The van der Waals surface area contributed by atoms with Gasteiger partial charge in [0.2, 0.25) is 0 Å². The zero-order valence-corrected chi connectivity index (χ0v) is 14.2. The summed E-state index contributed by atoms with van der Waals surface area (Å²) in [5, 5.41) is 6.62. The minimum absolute atomic E-state index is 0.839. The van der Waals surface area contributed by atoms with Crippen LogP contribution < -0.4 is 15.5 Å². The van der Waals surface area contributed by atoms with Gasteiger partial charge in [-0.05, 0) is 31.7 Å². The molecule has 0 amide bonds. The van der Waals surface area contributed by atoms with Crippen molar-refractivity contribution in [1.29, 1.82) is 0 Å². The molecule has 118 valence electrons. The fourth-order valence-corrected chi connectivity index (χ4v) is 2.23. The number of benzene rings is 1. The van der Waals surface area contributed by atoms with Crippen molar-refractivity contribution < 1.29 is 0 Å². The minimum atomic E-state index is 0.839. The average molecular weight is 308 g/mol. The van der Waals surface area contributed by atoms with Gasteiger partial charge in [-0.1, -0.05) is 18.2 Å². The first-order valence-corrected chi connectivity index (χ1v) is 8.94. The van der Waals surface area contributed by atoms with Gasteiger partial charge in [-0.25, -0.2) is 0 Å². The van der Waals surface area contributed by atoms with Crippen LogP contribution in [0.5, 0.6) is 0 Å². The molecule has 0 fully saturated rings. The van der Waals surface area contributed by atoms with Crippen molar-refractivity contribution in [3.05, 3.63) is 30.3 Å². The molecular weight excluding hydrogens is 280 g/mol. The second-order valence-electron chi connectivity index (χ2n) is 4.79. The Morgan fingerprint density at radius 1 is 1.24 bits per heavy atom. The van der Waals surface area contributed by atoms with E-state index in [0.29, 0.717) is 0 Å². The van der Waals surface area contributed by atoms with E-state index in [0.717, 1.165) is 44.3 Å². The van der Waals surface area contributed by atoms with Gasteiger partial charge in [-0.3, -0.25) is 4.99 Å². The van der Waals surface area contributed by atoms with Crippen molar-refractivity contribution in [2.24, 2.45) is 4.99 Å². The van der Waals surface area contributed by atoms with Gasteiger partial charge in [0.1, 0.15) is 0 Å². The number of anilines is 1. The number of rotatable bonds is 9. The topological polar surface area (TPSA) is 39.7 Å². The molecule has 0 saturated heterocycles. The normalized spacial score (nSPS) is 11.3. The second kappa shape index (κ2) is 11.3. The van der Waals surface area contributed by atoms with E-state index in [-0.39, 0.29) is 0 Å². The fraction of sp³-hybridized carbons (Fsp3) is 0.562. The molecule has 0 aromatic heterocycles. The number of aliphatic imine (C=N–C) groups is 1. The summed E-state index contributed by atoms with van der Waals surface area (Å²) in [6, 6.07) is 10.5. The smallest absolute Gasteiger partial charge is 0.191 e. The van der Waals surface area contributed by atoms with Crippen molar-refractivity contribution in [3.8, 4) is 0 Å². The summed E-state index contributed by atoms with van der Waals surface area (Å²) in [6.45, 7) is 5.80. The van der Waals surface area contributed by atoms with Crippen LogP contribution in [0.3, 0.4) is 0 Å². The van der Waals surface area contributed by atoms with Gasteiger partial charge >= 0.3 is 0 Å². The summed E-state index contributed by atoms with van der Waals surface area (Å²) in [6.07, 6.45) is 3.16. The maximum absolute atomic E-state index is 4.61. The highest BCUT2D eigenvalue weighted by molar-refractivity contribution is 7.98. The van der Waals surface area contributed by atoms with Crippen LogP contribution in [-0.4, -0.2) is 51.2 Å². The van der Waals surface area contributed by atoms with Gasteiger partial charge < -0.3 is 15.5 Å². The second-order valence-corrected chi connectivity index (χ2v) is 5.78. The molecule has 0 aliphatic rings. The molecule has 0 aliphatic heterocycles. The molecule has 0 radical (unpaired) electrons. The third-order valence-corrected chi connectivity index (χ3v) is 3.67. The lowest BCUT2D eigenvalue weighted by Gasteiger charge is -2.18. The van der Waals surface area contributed by atoms with Crippen molar-refractivity contribution in [1.82, 2.24) is 10.6 Å². The third kappa shape index (κ3) is 7.85. The lowest BCUT2D eigenvalue weighted by Crippen LogP contribution is -2.38. The van der Waals surface area contributed by atoms with Gasteiger partial charge in [0.05, 0.1) is 0 Å². The van der Waals surface area contributed by atoms with Crippen molar-refractivity contribution in [3.63, 3.8) is 0 Å². The molecule has 1 rings (SSSR count). The van der Waals surface area contributed by atoms with Crippen LogP contribution >= 0.6 is 11.8 Å². The minimum Gasteiger partial charge on any atom is -0.375 e. The van der Waals surface area contributed by atoms with Crippen molar-refractivity contribution in [2.45, 2.75) is 13.3 Å². The van der Waals surface area contributed by atoms with E-state index in [4.69, 9.17) is 0 Å². The maximum Gasteiger partial charge on any atom is 0.191 e. The molecule has 0 aliphatic carbocycles. The van der Waals surface area contributed by atoms with Crippen molar-refractivity contribution >= 4 is 23.4 Å². The molecule has 5 heteroatoms.